The van der Waals surface area contributed by atoms with Crippen LogP contribution in [0.4, 0.5) is 0 Å². The molecule has 290 valence electrons. The van der Waals surface area contributed by atoms with E-state index >= 15 is 0 Å². The van der Waals surface area contributed by atoms with Gasteiger partial charge in [-0.1, -0.05) is 32.0 Å². The van der Waals surface area contributed by atoms with E-state index in [-0.39, 0.29) is 17.9 Å². The van der Waals surface area contributed by atoms with Gasteiger partial charge in [0.1, 0.15) is 24.0 Å². The molecule has 0 saturated carbocycles. The Morgan fingerprint density at radius 1 is 0.855 bits per heavy atom. The molecule has 11 heteroatoms. The molecule has 0 spiro atoms. The molecule has 1 atom stereocenters. The Morgan fingerprint density at radius 3 is 2.33 bits per heavy atom. The van der Waals surface area contributed by atoms with Crippen LogP contribution in [0.1, 0.15) is 89.4 Å². The van der Waals surface area contributed by atoms with Crippen LogP contribution in [-0.2, 0) is 38.8 Å². The molecule has 3 aliphatic rings. The molecule has 0 unspecified atom stereocenters. The number of hydrogen-bond acceptors (Lipinski definition) is 7. The first-order valence-electron chi connectivity index (χ1n) is 20.3. The SMILES string of the molecule is CCCN(Cc1ncc(-c2ccc3c(c2)COc2cc4c(ccc5[nH]c(CN(C(=O)CC6CCOCC6)[C@@H](C)CC)nc54)cc2-3)[nH]1)C(=O)CC1CCOCC1. The zero-order valence-electron chi connectivity index (χ0n) is 32.5. The molecule has 5 aromatic rings. The molecule has 0 aliphatic carbocycles. The molecule has 8 rings (SSSR count). The largest absolute Gasteiger partial charge is 0.488 e. The molecular formula is C44H54N6O5. The van der Waals surface area contributed by atoms with Gasteiger partial charge in [-0.3, -0.25) is 9.59 Å². The van der Waals surface area contributed by atoms with Gasteiger partial charge in [0.15, 0.2) is 0 Å². The summed E-state index contributed by atoms with van der Waals surface area (Å²) >= 11 is 0. The number of aromatic amines is 2. The van der Waals surface area contributed by atoms with Gasteiger partial charge in [0, 0.05) is 62.8 Å². The number of nitrogens with one attached hydrogen (secondary N) is 2. The van der Waals surface area contributed by atoms with E-state index in [2.05, 4.69) is 78.2 Å². The Hall–Kier alpha value is -4.74. The molecular weight excluding hydrogens is 693 g/mol. The van der Waals surface area contributed by atoms with Crippen LogP contribution in [-0.4, -0.2) is 80.6 Å². The summed E-state index contributed by atoms with van der Waals surface area (Å²) in [6.45, 7) is 11.4. The molecule has 2 amide bonds. The minimum absolute atomic E-state index is 0.118. The van der Waals surface area contributed by atoms with Crippen molar-refractivity contribution in [3.63, 3.8) is 0 Å². The number of H-pyrrole nitrogens is 2. The number of imidazole rings is 2. The van der Waals surface area contributed by atoms with Gasteiger partial charge in [0.05, 0.1) is 36.0 Å². The lowest BCUT2D eigenvalue weighted by molar-refractivity contribution is -0.136. The van der Waals surface area contributed by atoms with Gasteiger partial charge >= 0.3 is 0 Å². The van der Waals surface area contributed by atoms with Crippen molar-refractivity contribution in [2.75, 3.05) is 33.0 Å². The van der Waals surface area contributed by atoms with Crippen LogP contribution in [0.15, 0.2) is 48.7 Å². The van der Waals surface area contributed by atoms with Crippen molar-refractivity contribution in [3.05, 3.63) is 65.9 Å². The summed E-state index contributed by atoms with van der Waals surface area (Å²) in [6.07, 6.45) is 8.57. The monoisotopic (exact) mass is 746 g/mol. The minimum Gasteiger partial charge on any atom is -0.488 e. The van der Waals surface area contributed by atoms with Crippen molar-refractivity contribution in [1.82, 2.24) is 29.7 Å². The lowest BCUT2D eigenvalue weighted by atomic mass is 9.92. The Morgan fingerprint density at radius 2 is 1.60 bits per heavy atom. The third-order valence-corrected chi connectivity index (χ3v) is 11.9. The van der Waals surface area contributed by atoms with Crippen LogP contribution < -0.4 is 4.74 Å². The summed E-state index contributed by atoms with van der Waals surface area (Å²) in [6, 6.07) is 15.1. The van der Waals surface area contributed by atoms with Gasteiger partial charge in [-0.25, -0.2) is 9.97 Å². The predicted molar refractivity (Wildman–Crippen MR) is 213 cm³/mol. The van der Waals surface area contributed by atoms with Crippen molar-refractivity contribution in [2.24, 2.45) is 11.8 Å². The fraction of sp³-hybridized carbons (Fsp3) is 0.500. The second kappa shape index (κ2) is 16.5. The van der Waals surface area contributed by atoms with Crippen molar-refractivity contribution in [1.29, 1.82) is 0 Å². The number of rotatable bonds is 13. The van der Waals surface area contributed by atoms with Gasteiger partial charge in [0.2, 0.25) is 11.8 Å². The van der Waals surface area contributed by atoms with E-state index in [4.69, 9.17) is 19.2 Å². The fourth-order valence-corrected chi connectivity index (χ4v) is 8.43. The van der Waals surface area contributed by atoms with Crippen molar-refractivity contribution in [2.45, 2.75) is 97.9 Å². The second-order valence-corrected chi connectivity index (χ2v) is 15.7. The molecule has 0 radical (unpaired) electrons. The number of amides is 2. The summed E-state index contributed by atoms with van der Waals surface area (Å²) < 4.78 is 17.4. The number of benzene rings is 3. The van der Waals surface area contributed by atoms with E-state index in [9.17, 15) is 9.59 Å². The Kier molecular flexibility index (Phi) is 11.2. The van der Waals surface area contributed by atoms with E-state index in [1.54, 1.807) is 0 Å². The zero-order valence-corrected chi connectivity index (χ0v) is 32.5. The zero-order chi connectivity index (χ0) is 37.9. The normalized spacial score (nSPS) is 16.8. The summed E-state index contributed by atoms with van der Waals surface area (Å²) in [5.41, 5.74) is 7.10. The Bertz CT molecular complexity index is 2150. The molecule has 2 saturated heterocycles. The van der Waals surface area contributed by atoms with Gasteiger partial charge in [-0.2, -0.15) is 0 Å². The lowest BCUT2D eigenvalue weighted by Gasteiger charge is -2.30. The van der Waals surface area contributed by atoms with Gasteiger partial charge in [-0.05, 0) is 104 Å². The summed E-state index contributed by atoms with van der Waals surface area (Å²) in [5.74, 6) is 3.58. The first-order valence-corrected chi connectivity index (χ1v) is 20.3. The number of aromatic nitrogens is 4. The Balaban J connectivity index is 0.992. The van der Waals surface area contributed by atoms with Gasteiger partial charge in [0.25, 0.3) is 0 Å². The number of fused-ring (bicyclic) bond motifs is 6. The number of carbonyl (C=O) groups is 2. The van der Waals surface area contributed by atoms with E-state index < -0.39 is 0 Å². The topological polar surface area (TPSA) is 126 Å². The average Bonchev–Trinajstić information content (AvgIpc) is 3.86. The molecule has 11 nitrogen and oxygen atoms in total. The third-order valence-electron chi connectivity index (χ3n) is 11.9. The average molecular weight is 747 g/mol. The number of nitrogens with zero attached hydrogens (tertiary/aromatic N) is 4. The molecule has 0 bridgehead atoms. The third kappa shape index (κ3) is 8.14. The van der Waals surface area contributed by atoms with Crippen LogP contribution in [0.5, 0.6) is 5.75 Å². The lowest BCUT2D eigenvalue weighted by Crippen LogP contribution is -2.39. The fourth-order valence-electron chi connectivity index (χ4n) is 8.43. The van der Waals surface area contributed by atoms with Crippen molar-refractivity contribution in [3.8, 4) is 28.1 Å². The standard InChI is InChI=1S/C44H54N6O5/c1-4-14-49(42(51)19-29-10-15-53-16-11-29)25-40-45-24-38(47-40)32-6-8-34-33(21-32)27-55-39-23-35-31(22-36(34)39)7-9-37-44(35)48-41(46-37)26-50(28(3)5-2)43(52)20-30-12-17-54-18-13-30/h6-9,21-24,28-30H,4-5,10-20,25-27H2,1-3H3,(H,45,47)(H,46,48)/t28-/m0/s1. The van der Waals surface area contributed by atoms with E-state index in [0.29, 0.717) is 50.9 Å². The maximum absolute atomic E-state index is 13.6. The minimum atomic E-state index is 0.118. The maximum atomic E-state index is 13.6. The second-order valence-electron chi connectivity index (χ2n) is 15.7. The smallest absolute Gasteiger partial charge is 0.223 e. The number of carbonyl (C=O) groups excluding carboxylic acids is 2. The predicted octanol–water partition coefficient (Wildman–Crippen LogP) is 8.16. The quantitative estimate of drug-likeness (QED) is 0.125. The molecule has 2 aromatic heterocycles. The van der Waals surface area contributed by atoms with Crippen LogP contribution in [0.2, 0.25) is 0 Å². The first kappa shape index (κ1) is 37.2. The Labute approximate surface area is 323 Å². The molecule has 2 fully saturated rings. The molecule has 2 N–H and O–H groups in total. The van der Waals surface area contributed by atoms with Crippen molar-refractivity contribution < 1.29 is 23.8 Å². The maximum Gasteiger partial charge on any atom is 0.223 e. The van der Waals surface area contributed by atoms with E-state index in [1.165, 1.54) is 0 Å². The summed E-state index contributed by atoms with van der Waals surface area (Å²) in [5, 5.41) is 2.11. The highest BCUT2D eigenvalue weighted by molar-refractivity contribution is 6.07. The summed E-state index contributed by atoms with van der Waals surface area (Å²) in [7, 11) is 0. The van der Waals surface area contributed by atoms with Crippen LogP contribution in [0, 0.1) is 11.8 Å². The summed E-state index contributed by atoms with van der Waals surface area (Å²) in [4.78, 5) is 47.5. The number of hydrogen-bond donors (Lipinski definition) is 2. The molecule has 55 heavy (non-hydrogen) atoms. The highest BCUT2D eigenvalue weighted by Gasteiger charge is 2.27. The first-order chi connectivity index (χ1) is 26.9. The van der Waals surface area contributed by atoms with Gasteiger partial charge in [-0.15, -0.1) is 0 Å². The molecule has 3 aliphatic heterocycles. The van der Waals surface area contributed by atoms with Crippen molar-refractivity contribution >= 4 is 33.6 Å². The van der Waals surface area contributed by atoms with E-state index in [1.807, 2.05) is 16.0 Å². The molecule has 5 heterocycles. The van der Waals surface area contributed by atoms with E-state index in [0.717, 1.165) is 132 Å². The van der Waals surface area contributed by atoms with Crippen LogP contribution >= 0.6 is 0 Å². The highest BCUT2D eigenvalue weighted by Crippen LogP contribution is 2.42. The molecule has 3 aromatic carbocycles. The van der Waals surface area contributed by atoms with Gasteiger partial charge < -0.3 is 34.0 Å². The highest BCUT2D eigenvalue weighted by atomic mass is 16.5. The van der Waals surface area contributed by atoms with Crippen LogP contribution in [0.25, 0.3) is 44.2 Å². The van der Waals surface area contributed by atoms with Crippen LogP contribution in [0.3, 0.4) is 0 Å². The number of ether oxygens (including phenoxy) is 3.